The van der Waals surface area contributed by atoms with Crippen LogP contribution in [0.15, 0.2) is 89.5 Å². The van der Waals surface area contributed by atoms with Crippen LogP contribution in [0.5, 0.6) is 0 Å². The second-order valence-electron chi connectivity index (χ2n) is 7.76. The molecule has 0 aliphatic carbocycles. The number of aromatic nitrogens is 1. The van der Waals surface area contributed by atoms with E-state index in [2.05, 4.69) is 78.2 Å². The fraction of sp³-hybridized carbons (Fsp3) is 0.115. The number of hydrogen-bond donors (Lipinski definition) is 0. The molecule has 0 spiro atoms. The van der Waals surface area contributed by atoms with E-state index >= 15 is 0 Å². The number of benzene rings is 3. The molecule has 0 N–H and O–H groups in total. The topological polar surface area (TPSA) is 32.5 Å². The van der Waals surface area contributed by atoms with Crippen LogP contribution in [-0.4, -0.2) is 11.1 Å². The largest absolute Gasteiger partial charge is 0.454 e. The molecule has 0 fully saturated rings. The van der Waals surface area contributed by atoms with Crippen LogP contribution in [0.1, 0.15) is 12.5 Å². The van der Waals surface area contributed by atoms with E-state index in [1.54, 1.807) is 0 Å². The van der Waals surface area contributed by atoms with Crippen molar-refractivity contribution in [3.05, 3.63) is 90.6 Å². The molecule has 1 aliphatic rings. The quantitative estimate of drug-likeness (QED) is 0.327. The average Bonchev–Trinajstić information content (AvgIpc) is 3.29. The van der Waals surface area contributed by atoms with Crippen LogP contribution in [0.2, 0.25) is 0 Å². The van der Waals surface area contributed by atoms with Gasteiger partial charge in [-0.3, -0.25) is 4.90 Å². The first-order chi connectivity index (χ1) is 14.7. The zero-order valence-electron chi connectivity index (χ0n) is 16.9. The molecule has 0 bridgehead atoms. The molecular weight excluding hydrogens is 370 g/mol. The molecule has 146 valence electrons. The minimum atomic E-state index is 0.0508. The van der Waals surface area contributed by atoms with Gasteiger partial charge in [-0.05, 0) is 49.7 Å². The summed E-state index contributed by atoms with van der Waals surface area (Å²) < 4.78 is 6.39. The van der Waals surface area contributed by atoms with Crippen LogP contribution in [-0.2, 0) is 0 Å². The summed E-state index contributed by atoms with van der Waals surface area (Å²) in [6.07, 6.45) is 1.91. The maximum Gasteiger partial charge on any atom is 0.159 e. The summed E-state index contributed by atoms with van der Waals surface area (Å²) in [7, 11) is 0. The highest BCUT2D eigenvalue weighted by molar-refractivity contribution is 6.10. The number of nitrogens with zero attached hydrogens (tertiary/aromatic N) is 3. The maximum atomic E-state index is 6.39. The second-order valence-corrected chi connectivity index (χ2v) is 7.76. The number of para-hydroxylation sites is 2. The van der Waals surface area contributed by atoms with E-state index < -0.39 is 0 Å². The van der Waals surface area contributed by atoms with Crippen molar-refractivity contribution in [2.24, 2.45) is 0 Å². The van der Waals surface area contributed by atoms with Gasteiger partial charge in [-0.15, -0.1) is 0 Å². The molecule has 2 aromatic heterocycles. The van der Waals surface area contributed by atoms with Gasteiger partial charge < -0.3 is 9.32 Å². The summed E-state index contributed by atoms with van der Waals surface area (Å²) in [4.78, 5) is 9.43. The fourth-order valence-corrected chi connectivity index (χ4v) is 4.66. The van der Waals surface area contributed by atoms with Crippen LogP contribution in [0, 0.1) is 6.92 Å². The Morgan fingerprint density at radius 3 is 2.47 bits per heavy atom. The lowest BCUT2D eigenvalue weighted by molar-refractivity contribution is 0.662. The summed E-state index contributed by atoms with van der Waals surface area (Å²) in [6, 6.07) is 27.2. The van der Waals surface area contributed by atoms with Crippen molar-refractivity contribution in [1.29, 1.82) is 0 Å². The third kappa shape index (κ3) is 2.31. The maximum absolute atomic E-state index is 6.39. The Morgan fingerprint density at radius 1 is 0.800 bits per heavy atom. The van der Waals surface area contributed by atoms with Gasteiger partial charge in [0.15, 0.2) is 11.4 Å². The Balaban J connectivity index is 1.63. The summed E-state index contributed by atoms with van der Waals surface area (Å²) >= 11 is 0. The smallest absolute Gasteiger partial charge is 0.159 e. The van der Waals surface area contributed by atoms with Crippen molar-refractivity contribution in [1.82, 2.24) is 4.98 Å². The molecule has 0 amide bonds. The molecule has 30 heavy (non-hydrogen) atoms. The van der Waals surface area contributed by atoms with Crippen molar-refractivity contribution in [3.63, 3.8) is 0 Å². The van der Waals surface area contributed by atoms with E-state index in [0.29, 0.717) is 0 Å². The van der Waals surface area contributed by atoms with Crippen LogP contribution in [0.3, 0.4) is 0 Å². The predicted molar refractivity (Wildman–Crippen MR) is 123 cm³/mol. The third-order valence-electron chi connectivity index (χ3n) is 6.00. The third-order valence-corrected chi connectivity index (χ3v) is 6.00. The number of hydrogen-bond acceptors (Lipinski definition) is 4. The Hall–Kier alpha value is -3.79. The van der Waals surface area contributed by atoms with Crippen molar-refractivity contribution in [2.45, 2.75) is 20.0 Å². The van der Waals surface area contributed by atoms with Gasteiger partial charge in [0.25, 0.3) is 0 Å². The second kappa shape index (κ2) is 6.36. The van der Waals surface area contributed by atoms with E-state index in [-0.39, 0.29) is 6.17 Å². The minimum absolute atomic E-state index is 0.0508. The lowest BCUT2D eigenvalue weighted by Crippen LogP contribution is -2.35. The van der Waals surface area contributed by atoms with E-state index in [1.807, 2.05) is 30.5 Å². The SMILES string of the molecule is Cc1ccc2c(oc3ccccc32)c1N1c2ncccc2N(c2ccccc2)[C@@H]1C. The molecule has 3 aromatic carbocycles. The van der Waals surface area contributed by atoms with Gasteiger partial charge in [-0.2, -0.15) is 0 Å². The highest BCUT2D eigenvalue weighted by Gasteiger charge is 2.38. The Bertz CT molecular complexity index is 1390. The Morgan fingerprint density at radius 2 is 1.60 bits per heavy atom. The van der Waals surface area contributed by atoms with Crippen LogP contribution in [0.4, 0.5) is 22.9 Å². The number of anilines is 4. The van der Waals surface area contributed by atoms with Gasteiger partial charge in [0, 0.05) is 22.7 Å². The molecular formula is C26H21N3O. The molecule has 0 radical (unpaired) electrons. The normalized spacial score (nSPS) is 15.9. The van der Waals surface area contributed by atoms with E-state index in [0.717, 1.165) is 44.8 Å². The van der Waals surface area contributed by atoms with Gasteiger partial charge in [0.1, 0.15) is 11.7 Å². The summed E-state index contributed by atoms with van der Waals surface area (Å²) in [5.41, 5.74) is 6.32. The van der Waals surface area contributed by atoms with Crippen molar-refractivity contribution < 1.29 is 4.42 Å². The number of rotatable bonds is 2. The number of pyridine rings is 1. The standard InChI is InChI=1S/C26H21N3O/c1-17-14-15-21-20-11-6-7-13-23(20)30-25(21)24(17)29-18(2)28(19-9-4-3-5-10-19)22-12-8-16-27-26(22)29/h3-16,18H,1-2H3/t18-/m0/s1. The number of aryl methyl sites for hydroxylation is 1. The molecule has 5 aromatic rings. The van der Waals surface area contributed by atoms with Crippen LogP contribution >= 0.6 is 0 Å². The molecule has 6 rings (SSSR count). The average molecular weight is 391 g/mol. The summed E-state index contributed by atoms with van der Waals surface area (Å²) in [5, 5.41) is 2.27. The van der Waals surface area contributed by atoms with Gasteiger partial charge in [-0.25, -0.2) is 4.98 Å². The van der Waals surface area contributed by atoms with E-state index in [9.17, 15) is 0 Å². The summed E-state index contributed by atoms with van der Waals surface area (Å²) in [5.74, 6) is 0.949. The van der Waals surface area contributed by atoms with Gasteiger partial charge >= 0.3 is 0 Å². The minimum Gasteiger partial charge on any atom is -0.454 e. The number of fused-ring (bicyclic) bond motifs is 4. The molecule has 1 aliphatic heterocycles. The molecule has 4 nitrogen and oxygen atoms in total. The highest BCUT2D eigenvalue weighted by atomic mass is 16.3. The van der Waals surface area contributed by atoms with Crippen molar-refractivity contribution in [2.75, 3.05) is 9.80 Å². The molecule has 1 atom stereocenters. The number of furan rings is 1. The monoisotopic (exact) mass is 391 g/mol. The van der Waals surface area contributed by atoms with Crippen LogP contribution in [0.25, 0.3) is 21.9 Å². The zero-order valence-corrected chi connectivity index (χ0v) is 16.9. The van der Waals surface area contributed by atoms with Crippen molar-refractivity contribution in [3.8, 4) is 0 Å². The first-order valence-corrected chi connectivity index (χ1v) is 10.2. The van der Waals surface area contributed by atoms with Crippen LogP contribution < -0.4 is 9.80 Å². The van der Waals surface area contributed by atoms with E-state index in [4.69, 9.17) is 9.40 Å². The first-order valence-electron chi connectivity index (χ1n) is 10.2. The molecule has 3 heterocycles. The fourth-order valence-electron chi connectivity index (χ4n) is 4.66. The van der Waals surface area contributed by atoms with Gasteiger partial charge in [0.2, 0.25) is 0 Å². The van der Waals surface area contributed by atoms with E-state index in [1.165, 1.54) is 5.56 Å². The predicted octanol–water partition coefficient (Wildman–Crippen LogP) is 6.93. The van der Waals surface area contributed by atoms with Gasteiger partial charge in [0.05, 0.1) is 11.4 Å². The first kappa shape index (κ1) is 17.1. The molecule has 0 saturated carbocycles. The van der Waals surface area contributed by atoms with Gasteiger partial charge in [-0.1, -0.05) is 48.5 Å². The lowest BCUT2D eigenvalue weighted by atomic mass is 10.1. The highest BCUT2D eigenvalue weighted by Crippen LogP contribution is 2.49. The van der Waals surface area contributed by atoms with Crippen molar-refractivity contribution >= 4 is 44.8 Å². The molecule has 0 saturated heterocycles. The Kier molecular flexibility index (Phi) is 3.62. The Labute approximate surface area is 175 Å². The molecule has 4 heteroatoms. The summed E-state index contributed by atoms with van der Waals surface area (Å²) in [6.45, 7) is 4.36. The zero-order chi connectivity index (χ0) is 20.2. The lowest BCUT2D eigenvalue weighted by Gasteiger charge is -2.30. The molecule has 0 unspecified atom stereocenters.